The van der Waals surface area contributed by atoms with Crippen LogP contribution in [0.2, 0.25) is 0 Å². The summed E-state index contributed by atoms with van der Waals surface area (Å²) in [5.74, 6) is -4.11. The molecule has 2 unspecified atom stereocenters. The van der Waals surface area contributed by atoms with Crippen molar-refractivity contribution < 1.29 is 28.7 Å². The molecule has 1 rings (SSSR count). The van der Waals surface area contributed by atoms with Gasteiger partial charge >= 0.3 is 5.97 Å². The first-order valence-corrected chi connectivity index (χ1v) is 4.94. The number of Topliss-reactive ketones (excluding diaryl/α,β-unsaturated/α-hetero) is 1. The summed E-state index contributed by atoms with van der Waals surface area (Å²) in [5, 5.41) is 10.8. The van der Waals surface area contributed by atoms with Gasteiger partial charge < -0.3 is 19.1 Å². The van der Waals surface area contributed by atoms with Gasteiger partial charge in [-0.3, -0.25) is 9.59 Å². The Kier molecular flexibility index (Phi) is 3.32. The molecule has 2 atom stereocenters. The minimum atomic E-state index is -1.48. The number of aliphatic carboxylic acids is 1. The molecule has 6 nitrogen and oxygen atoms in total. The molecule has 0 aromatic carbocycles. The smallest absolute Gasteiger partial charge is 0.313 e. The molecule has 0 aliphatic carbocycles. The Morgan fingerprint density at radius 3 is 2.44 bits per heavy atom. The average molecular weight is 229 g/mol. The normalized spacial score (nSPS) is 26.4. The van der Waals surface area contributed by atoms with Crippen LogP contribution in [-0.4, -0.2) is 56.0 Å². The van der Waals surface area contributed by atoms with Gasteiger partial charge in [-0.15, -0.1) is 0 Å². The number of rotatable bonds is 3. The zero-order chi connectivity index (χ0) is 12.5. The lowest BCUT2D eigenvalue weighted by atomic mass is 9.92. The molecule has 1 heterocycles. The molecule has 1 aliphatic heterocycles. The van der Waals surface area contributed by atoms with E-state index < -0.39 is 36.2 Å². The van der Waals surface area contributed by atoms with E-state index in [1.807, 2.05) is 21.1 Å². The van der Waals surface area contributed by atoms with Crippen molar-refractivity contribution in [2.24, 2.45) is 5.92 Å². The number of carbonyl (C=O) groups excluding carboxylic acids is 3. The number of carboxylic acids is 1. The third-order valence-corrected chi connectivity index (χ3v) is 2.30. The monoisotopic (exact) mass is 229 g/mol. The number of hydrogen-bond acceptors (Lipinski definition) is 5. The standard InChI is InChI=1S/C10H15NO5/c1-11(2,3)5-7-9(10(14)15)6(12)4-8(13)16-7/h7,9H,4-5H2,1-3H3. The lowest BCUT2D eigenvalue weighted by molar-refractivity contribution is -0.873. The largest absolute Gasteiger partial charge is 0.549 e. The second-order valence-electron chi connectivity index (χ2n) is 4.94. The maximum absolute atomic E-state index is 11.4. The highest BCUT2D eigenvalue weighted by atomic mass is 16.5. The Bertz CT molecular complexity index is 331. The van der Waals surface area contributed by atoms with Gasteiger partial charge in [0.05, 0.1) is 27.1 Å². The molecule has 0 N–H and O–H groups in total. The highest BCUT2D eigenvalue weighted by Crippen LogP contribution is 2.20. The Balaban J connectivity index is 2.88. The number of ketones is 1. The minimum Gasteiger partial charge on any atom is -0.549 e. The summed E-state index contributed by atoms with van der Waals surface area (Å²) in [5.41, 5.74) is 0. The summed E-state index contributed by atoms with van der Waals surface area (Å²) in [6.07, 6.45) is -1.41. The van der Waals surface area contributed by atoms with Crippen LogP contribution in [0.15, 0.2) is 0 Å². The fourth-order valence-corrected chi connectivity index (χ4v) is 1.70. The average Bonchev–Trinajstić information content (AvgIpc) is 1.96. The number of likely N-dealkylation sites (N-methyl/N-ethyl adjacent to an activating group) is 1. The van der Waals surface area contributed by atoms with Crippen molar-refractivity contribution in [2.45, 2.75) is 12.5 Å². The van der Waals surface area contributed by atoms with Gasteiger partial charge in [0.2, 0.25) is 0 Å². The molecule has 1 fully saturated rings. The van der Waals surface area contributed by atoms with Crippen LogP contribution in [0.3, 0.4) is 0 Å². The van der Waals surface area contributed by atoms with Crippen LogP contribution >= 0.6 is 0 Å². The van der Waals surface area contributed by atoms with Crippen molar-refractivity contribution >= 4 is 17.7 Å². The van der Waals surface area contributed by atoms with Crippen LogP contribution in [0.25, 0.3) is 0 Å². The van der Waals surface area contributed by atoms with Gasteiger partial charge in [-0.2, -0.15) is 0 Å². The van der Waals surface area contributed by atoms with E-state index in [1.54, 1.807) is 0 Å². The summed E-state index contributed by atoms with van der Waals surface area (Å²) in [6, 6.07) is 0. The number of quaternary nitrogens is 1. The van der Waals surface area contributed by atoms with Crippen molar-refractivity contribution in [2.75, 3.05) is 27.7 Å². The lowest BCUT2D eigenvalue weighted by Gasteiger charge is -2.35. The summed E-state index contributed by atoms with van der Waals surface area (Å²) in [7, 11) is 5.46. The maximum atomic E-state index is 11.4. The number of cyclic esters (lactones) is 1. The Hall–Kier alpha value is -1.43. The Labute approximate surface area is 93.4 Å². The summed E-state index contributed by atoms with van der Waals surface area (Å²) in [6.45, 7) is 0.260. The van der Waals surface area contributed by atoms with E-state index in [-0.39, 0.29) is 6.54 Å². The number of hydrogen-bond donors (Lipinski definition) is 0. The number of carbonyl (C=O) groups is 3. The van der Waals surface area contributed by atoms with Gasteiger partial charge in [0.15, 0.2) is 11.9 Å². The SMILES string of the molecule is C[N+](C)(C)CC1OC(=O)CC(=O)C1C(=O)[O-]. The van der Waals surface area contributed by atoms with Gasteiger partial charge in [0.25, 0.3) is 0 Å². The molecular weight excluding hydrogens is 214 g/mol. The van der Waals surface area contributed by atoms with Crippen molar-refractivity contribution in [3.8, 4) is 0 Å². The van der Waals surface area contributed by atoms with Crippen LogP contribution in [0, 0.1) is 5.92 Å². The predicted molar refractivity (Wildman–Crippen MR) is 50.9 cm³/mol. The van der Waals surface area contributed by atoms with Crippen molar-refractivity contribution in [1.82, 2.24) is 0 Å². The van der Waals surface area contributed by atoms with Gasteiger partial charge in [0.1, 0.15) is 18.9 Å². The zero-order valence-corrected chi connectivity index (χ0v) is 9.56. The first kappa shape index (κ1) is 12.6. The van der Waals surface area contributed by atoms with E-state index in [1.165, 1.54) is 0 Å². The van der Waals surface area contributed by atoms with E-state index in [0.717, 1.165) is 0 Å². The molecule has 1 aliphatic rings. The van der Waals surface area contributed by atoms with Crippen LogP contribution in [0.5, 0.6) is 0 Å². The first-order valence-electron chi connectivity index (χ1n) is 4.94. The molecular formula is C10H15NO5. The minimum absolute atomic E-state index is 0.260. The second kappa shape index (κ2) is 4.21. The molecule has 0 saturated carbocycles. The third kappa shape index (κ3) is 3.03. The number of nitrogens with zero attached hydrogens (tertiary/aromatic N) is 1. The number of esters is 1. The van der Waals surface area contributed by atoms with E-state index in [4.69, 9.17) is 4.74 Å². The molecule has 0 aromatic rings. The lowest BCUT2D eigenvalue weighted by Crippen LogP contribution is -2.55. The van der Waals surface area contributed by atoms with Crippen LogP contribution < -0.4 is 5.11 Å². The van der Waals surface area contributed by atoms with Crippen molar-refractivity contribution in [1.29, 1.82) is 0 Å². The van der Waals surface area contributed by atoms with Crippen LogP contribution in [0.1, 0.15) is 6.42 Å². The molecule has 0 spiro atoms. The zero-order valence-electron chi connectivity index (χ0n) is 9.56. The number of carboxylic acid groups (broad SMARTS) is 1. The van der Waals surface area contributed by atoms with Gasteiger partial charge in [-0.05, 0) is 0 Å². The van der Waals surface area contributed by atoms with E-state index >= 15 is 0 Å². The van der Waals surface area contributed by atoms with E-state index in [0.29, 0.717) is 4.48 Å². The van der Waals surface area contributed by atoms with Gasteiger partial charge in [-0.1, -0.05) is 0 Å². The van der Waals surface area contributed by atoms with E-state index in [2.05, 4.69) is 0 Å². The van der Waals surface area contributed by atoms with Crippen molar-refractivity contribution in [3.05, 3.63) is 0 Å². The molecule has 1 saturated heterocycles. The summed E-state index contributed by atoms with van der Waals surface area (Å²) < 4.78 is 5.31. The molecule has 90 valence electrons. The molecule has 0 radical (unpaired) electrons. The number of ether oxygens (including phenoxy) is 1. The van der Waals surface area contributed by atoms with Gasteiger partial charge in [0, 0.05) is 0 Å². The Morgan fingerprint density at radius 1 is 1.44 bits per heavy atom. The highest BCUT2D eigenvalue weighted by Gasteiger charge is 2.41. The van der Waals surface area contributed by atoms with Crippen LogP contribution in [-0.2, 0) is 19.1 Å². The molecule has 0 amide bonds. The molecule has 0 bridgehead atoms. The quantitative estimate of drug-likeness (QED) is 0.316. The second-order valence-corrected chi connectivity index (χ2v) is 4.94. The van der Waals surface area contributed by atoms with Crippen molar-refractivity contribution in [3.63, 3.8) is 0 Å². The fraction of sp³-hybridized carbons (Fsp3) is 0.700. The predicted octanol–water partition coefficient (Wildman–Crippen LogP) is -2.06. The molecule has 0 aromatic heterocycles. The van der Waals surface area contributed by atoms with Crippen LogP contribution in [0.4, 0.5) is 0 Å². The topological polar surface area (TPSA) is 83.5 Å². The maximum Gasteiger partial charge on any atom is 0.313 e. The Morgan fingerprint density at radius 2 is 2.00 bits per heavy atom. The molecule has 16 heavy (non-hydrogen) atoms. The first-order chi connectivity index (χ1) is 7.20. The van der Waals surface area contributed by atoms with Gasteiger partial charge in [-0.25, -0.2) is 0 Å². The fourth-order valence-electron chi connectivity index (χ4n) is 1.70. The highest BCUT2D eigenvalue weighted by molar-refractivity contribution is 6.07. The molecule has 6 heteroatoms. The third-order valence-electron chi connectivity index (χ3n) is 2.30. The van der Waals surface area contributed by atoms with E-state index in [9.17, 15) is 19.5 Å². The summed E-state index contributed by atoms with van der Waals surface area (Å²) >= 11 is 0. The summed E-state index contributed by atoms with van der Waals surface area (Å²) in [4.78, 5) is 33.3.